The van der Waals surface area contributed by atoms with Gasteiger partial charge in [-0.1, -0.05) is 6.92 Å². The fourth-order valence-corrected chi connectivity index (χ4v) is 2.84. The molecule has 2 rings (SSSR count). The summed E-state index contributed by atoms with van der Waals surface area (Å²) in [5, 5.41) is 7.03. The smallest absolute Gasteiger partial charge is 0.0250 e. The van der Waals surface area contributed by atoms with Gasteiger partial charge in [-0.05, 0) is 50.7 Å². The van der Waals surface area contributed by atoms with Crippen LogP contribution in [0.1, 0.15) is 26.2 Å². The van der Waals surface area contributed by atoms with Crippen LogP contribution in [0.25, 0.3) is 0 Å². The second-order valence-corrected chi connectivity index (χ2v) is 4.91. The molecule has 0 bridgehead atoms. The molecule has 0 aromatic rings. The van der Waals surface area contributed by atoms with Crippen LogP contribution in [0.3, 0.4) is 0 Å². The van der Waals surface area contributed by atoms with Gasteiger partial charge in [0.2, 0.25) is 0 Å². The molecule has 2 aliphatic rings. The second-order valence-electron chi connectivity index (χ2n) is 4.91. The fraction of sp³-hybridized carbons (Fsp3) is 1.00. The Labute approximate surface area is 86.8 Å². The highest BCUT2D eigenvalue weighted by molar-refractivity contribution is 4.93. The average molecular weight is 197 g/mol. The largest absolute Gasteiger partial charge is 0.326 e. The van der Waals surface area contributed by atoms with Crippen LogP contribution in [0.4, 0.5) is 0 Å². The van der Waals surface area contributed by atoms with Crippen LogP contribution in [0.5, 0.6) is 0 Å². The molecule has 0 amide bonds. The Morgan fingerprint density at radius 2 is 1.79 bits per heavy atom. The van der Waals surface area contributed by atoms with Gasteiger partial charge in [-0.2, -0.15) is 0 Å². The van der Waals surface area contributed by atoms with Crippen LogP contribution >= 0.6 is 0 Å². The van der Waals surface area contributed by atoms with Crippen LogP contribution in [-0.4, -0.2) is 31.7 Å². The summed E-state index contributed by atoms with van der Waals surface area (Å²) in [5.74, 6) is 1.49. The quantitative estimate of drug-likeness (QED) is 0.567. The Hall–Kier alpha value is -0.120. The topological polar surface area (TPSA) is 50.1 Å². The van der Waals surface area contributed by atoms with E-state index in [1.54, 1.807) is 0 Å². The summed E-state index contributed by atoms with van der Waals surface area (Å²) >= 11 is 0. The highest BCUT2D eigenvalue weighted by Gasteiger charge is 2.33. The summed E-state index contributed by atoms with van der Waals surface area (Å²) in [7, 11) is 0. The molecule has 0 spiro atoms. The molecule has 2 fully saturated rings. The van der Waals surface area contributed by atoms with Crippen molar-refractivity contribution in [2.75, 3.05) is 19.6 Å². The van der Waals surface area contributed by atoms with Crippen LogP contribution in [-0.2, 0) is 0 Å². The Morgan fingerprint density at radius 1 is 1.07 bits per heavy atom. The van der Waals surface area contributed by atoms with Crippen LogP contribution in [0.15, 0.2) is 0 Å². The van der Waals surface area contributed by atoms with Gasteiger partial charge >= 0.3 is 0 Å². The molecule has 0 aromatic carbocycles. The first kappa shape index (κ1) is 10.4. The van der Waals surface area contributed by atoms with Crippen molar-refractivity contribution >= 4 is 0 Å². The second kappa shape index (κ2) is 4.60. The first-order valence-corrected chi connectivity index (χ1v) is 5.98. The van der Waals surface area contributed by atoms with E-state index in [-0.39, 0.29) is 0 Å². The van der Waals surface area contributed by atoms with Crippen molar-refractivity contribution in [3.63, 3.8) is 0 Å². The maximum Gasteiger partial charge on any atom is 0.0250 e. The molecular weight excluding hydrogens is 174 g/mol. The summed E-state index contributed by atoms with van der Waals surface area (Å²) in [6.07, 6.45) is 3.82. The fourth-order valence-electron chi connectivity index (χ4n) is 2.84. The molecule has 3 heteroatoms. The SMILES string of the molecule is CC1CCNC(C2CCNCC2)C1N. The molecule has 0 aliphatic carbocycles. The van der Waals surface area contributed by atoms with Gasteiger partial charge in [0.05, 0.1) is 0 Å². The highest BCUT2D eigenvalue weighted by Crippen LogP contribution is 2.25. The minimum absolute atomic E-state index is 0.367. The van der Waals surface area contributed by atoms with E-state index in [4.69, 9.17) is 5.73 Å². The van der Waals surface area contributed by atoms with Gasteiger partial charge in [-0.25, -0.2) is 0 Å². The van der Waals surface area contributed by atoms with Crippen molar-refractivity contribution in [3.05, 3.63) is 0 Å². The molecular formula is C11H23N3. The van der Waals surface area contributed by atoms with E-state index in [2.05, 4.69) is 17.6 Å². The van der Waals surface area contributed by atoms with Gasteiger partial charge in [-0.3, -0.25) is 0 Å². The molecule has 2 aliphatic heterocycles. The maximum absolute atomic E-state index is 6.27. The average Bonchev–Trinajstić information content (AvgIpc) is 2.23. The number of hydrogen-bond donors (Lipinski definition) is 3. The number of hydrogen-bond acceptors (Lipinski definition) is 3. The molecule has 2 heterocycles. The van der Waals surface area contributed by atoms with Crippen LogP contribution < -0.4 is 16.4 Å². The van der Waals surface area contributed by atoms with E-state index in [0.29, 0.717) is 18.0 Å². The molecule has 3 nitrogen and oxygen atoms in total. The molecule has 0 radical (unpaired) electrons. The van der Waals surface area contributed by atoms with Gasteiger partial charge in [0, 0.05) is 12.1 Å². The Kier molecular flexibility index (Phi) is 3.42. The lowest BCUT2D eigenvalue weighted by molar-refractivity contribution is 0.182. The predicted molar refractivity (Wildman–Crippen MR) is 59.1 cm³/mol. The Balaban J connectivity index is 1.93. The van der Waals surface area contributed by atoms with Gasteiger partial charge in [-0.15, -0.1) is 0 Å². The Morgan fingerprint density at radius 3 is 2.50 bits per heavy atom. The maximum atomic E-state index is 6.27. The summed E-state index contributed by atoms with van der Waals surface area (Å²) in [6, 6.07) is 0.938. The molecule has 0 saturated carbocycles. The molecule has 3 unspecified atom stereocenters. The first-order valence-electron chi connectivity index (χ1n) is 5.98. The number of nitrogens with one attached hydrogen (secondary N) is 2. The zero-order valence-corrected chi connectivity index (χ0v) is 9.13. The van der Waals surface area contributed by atoms with E-state index in [1.165, 1.54) is 32.4 Å². The van der Waals surface area contributed by atoms with Gasteiger partial charge in [0.1, 0.15) is 0 Å². The van der Waals surface area contributed by atoms with Crippen molar-refractivity contribution in [1.82, 2.24) is 10.6 Å². The molecule has 14 heavy (non-hydrogen) atoms. The zero-order chi connectivity index (χ0) is 9.97. The molecule has 82 valence electrons. The molecule has 2 saturated heterocycles. The summed E-state index contributed by atoms with van der Waals surface area (Å²) in [5.41, 5.74) is 6.27. The first-order chi connectivity index (χ1) is 6.79. The normalized spacial score (nSPS) is 41.1. The minimum Gasteiger partial charge on any atom is -0.326 e. The van der Waals surface area contributed by atoms with Crippen molar-refractivity contribution in [1.29, 1.82) is 0 Å². The number of rotatable bonds is 1. The minimum atomic E-state index is 0.367. The van der Waals surface area contributed by atoms with Gasteiger partial charge in [0.25, 0.3) is 0 Å². The van der Waals surface area contributed by atoms with Crippen LogP contribution in [0, 0.1) is 11.8 Å². The van der Waals surface area contributed by atoms with Crippen molar-refractivity contribution in [2.45, 2.75) is 38.3 Å². The highest BCUT2D eigenvalue weighted by atomic mass is 15.0. The summed E-state index contributed by atoms with van der Waals surface area (Å²) in [4.78, 5) is 0. The third kappa shape index (κ3) is 2.10. The monoisotopic (exact) mass is 197 g/mol. The van der Waals surface area contributed by atoms with Crippen LogP contribution in [0.2, 0.25) is 0 Å². The lowest BCUT2D eigenvalue weighted by atomic mass is 9.79. The molecule has 4 N–H and O–H groups in total. The van der Waals surface area contributed by atoms with E-state index in [9.17, 15) is 0 Å². The van der Waals surface area contributed by atoms with E-state index < -0.39 is 0 Å². The predicted octanol–water partition coefficient (Wildman–Crippen LogP) is 0.311. The molecule has 3 atom stereocenters. The third-order valence-corrected chi connectivity index (χ3v) is 3.94. The zero-order valence-electron chi connectivity index (χ0n) is 9.13. The molecule has 0 aromatic heterocycles. The number of nitrogens with two attached hydrogens (primary N) is 1. The summed E-state index contributed by atoms with van der Waals surface area (Å²) in [6.45, 7) is 5.79. The lowest BCUT2D eigenvalue weighted by Gasteiger charge is -2.41. The van der Waals surface area contributed by atoms with E-state index in [1.807, 2.05) is 0 Å². The van der Waals surface area contributed by atoms with Gasteiger partial charge < -0.3 is 16.4 Å². The lowest BCUT2D eigenvalue weighted by Crippen LogP contribution is -2.58. The standard InChI is InChI=1S/C11H23N3/c1-8-2-7-14-11(10(8)12)9-3-5-13-6-4-9/h8-11,13-14H,2-7,12H2,1H3. The van der Waals surface area contributed by atoms with E-state index in [0.717, 1.165) is 12.5 Å². The van der Waals surface area contributed by atoms with Crippen molar-refractivity contribution < 1.29 is 0 Å². The van der Waals surface area contributed by atoms with Gasteiger partial charge in [0.15, 0.2) is 0 Å². The van der Waals surface area contributed by atoms with E-state index >= 15 is 0 Å². The summed E-state index contributed by atoms with van der Waals surface area (Å²) < 4.78 is 0. The third-order valence-electron chi connectivity index (χ3n) is 3.94. The van der Waals surface area contributed by atoms with Crippen molar-refractivity contribution in [3.8, 4) is 0 Å². The number of piperidine rings is 2. The Bertz CT molecular complexity index is 177. The van der Waals surface area contributed by atoms with Crippen molar-refractivity contribution in [2.24, 2.45) is 17.6 Å².